The van der Waals surface area contributed by atoms with Crippen LogP contribution >= 0.6 is 0 Å². The smallest absolute Gasteiger partial charge is 0.337 e. The minimum atomic E-state index is -0.444. The van der Waals surface area contributed by atoms with Crippen LogP contribution in [0.3, 0.4) is 0 Å². The second-order valence-electron chi connectivity index (χ2n) is 27.2. The molecule has 3 heteroatoms. The van der Waals surface area contributed by atoms with E-state index in [-0.39, 0.29) is 29.0 Å². The number of nitrogens with zero attached hydrogens (tertiary/aromatic N) is 1. The Morgan fingerprint density at radius 3 is 0.688 bits per heavy atom. The van der Waals surface area contributed by atoms with Crippen LogP contribution in [0.2, 0.25) is 0 Å². The molecular weight excluding hydrogens is 975 g/mol. The van der Waals surface area contributed by atoms with Crippen molar-refractivity contribution in [3.05, 3.63) is 86.0 Å². The first-order valence-electron chi connectivity index (χ1n) is 28.2. The summed E-state index contributed by atoms with van der Waals surface area (Å²) in [6, 6.07) is -0.0550. The first-order valence-corrected chi connectivity index (χ1v) is 28.2. The van der Waals surface area contributed by atoms with Crippen molar-refractivity contribution in [1.82, 2.24) is 4.90 Å². The van der Waals surface area contributed by atoms with Gasteiger partial charge in [0, 0.05) is 12.6 Å². The molecule has 28 aromatic carbocycles. The van der Waals surface area contributed by atoms with E-state index in [1.165, 1.54) is 0 Å². The van der Waals surface area contributed by atoms with Gasteiger partial charge in [0.1, 0.15) is 0 Å². The molecule has 1 amide bonds. The van der Waals surface area contributed by atoms with Crippen molar-refractivity contribution in [1.29, 1.82) is 0 Å². The normalized spacial score (nSPS) is 24.5. The van der Waals surface area contributed by atoms with Gasteiger partial charge >= 0.3 is 17.1 Å². The summed E-state index contributed by atoms with van der Waals surface area (Å²) in [5.74, 6) is 1.07. The molecule has 3 fully saturated rings. The molecular formula is C74H15FeNO+2. The van der Waals surface area contributed by atoms with Gasteiger partial charge in [0.05, 0.1) is 16.7 Å². The summed E-state index contributed by atoms with van der Waals surface area (Å²) in [6.45, 7) is 3.29. The third kappa shape index (κ3) is 1.88. The molecule has 328 valence electrons. The van der Waals surface area contributed by atoms with E-state index < -0.39 is 10.8 Å². The first kappa shape index (κ1) is 32.2. The monoisotopic (exact) mass is 989 g/mol. The largest absolute Gasteiger partial charge is 2.00 e. The topological polar surface area (TPSA) is 20.3 Å². The van der Waals surface area contributed by atoms with Gasteiger partial charge in [0.15, 0.2) is 0 Å². The molecule has 2 spiro atoms. The van der Waals surface area contributed by atoms with E-state index >= 15 is 4.79 Å². The van der Waals surface area contributed by atoms with E-state index in [0.29, 0.717) is 0 Å². The number of hydrogen-bond donors (Lipinski definition) is 0. The van der Waals surface area contributed by atoms with E-state index in [1.807, 2.05) is 32.1 Å². The molecule has 2 nitrogen and oxygen atoms in total. The van der Waals surface area contributed by atoms with Gasteiger partial charge in [0.25, 0.3) is 0 Å². The number of hydrogen-bond acceptors (Lipinski definition) is 1. The summed E-state index contributed by atoms with van der Waals surface area (Å²) in [5, 5.41) is 87.6. The minimum Gasteiger partial charge on any atom is -0.337 e. The number of rotatable bonds is 1. The van der Waals surface area contributed by atoms with Crippen LogP contribution in [-0.4, -0.2) is 23.4 Å². The van der Waals surface area contributed by atoms with E-state index in [9.17, 15) is 0 Å². The van der Waals surface area contributed by atoms with Crippen LogP contribution in [0, 0.1) is 63.7 Å². The Morgan fingerprint density at radius 1 is 0.299 bits per heavy atom. The van der Waals surface area contributed by atoms with Gasteiger partial charge < -0.3 is 4.90 Å². The van der Waals surface area contributed by atoms with Gasteiger partial charge in [-0.3, -0.25) is 4.79 Å². The van der Waals surface area contributed by atoms with E-state index in [2.05, 4.69) is 37.5 Å². The number of benzene rings is 18. The van der Waals surface area contributed by atoms with Crippen molar-refractivity contribution < 1.29 is 21.9 Å². The van der Waals surface area contributed by atoms with Crippen LogP contribution in [0.25, 0.3) is 291 Å². The maximum atomic E-state index is 15.9. The van der Waals surface area contributed by atoms with Crippen LogP contribution < -0.4 is 0 Å². The van der Waals surface area contributed by atoms with Crippen LogP contribution in [-0.2, 0) is 32.7 Å². The standard InChI is InChI=1S/C69H10NO.C5H5.Fe/c1-7-69-65-59-53-43-31-23-15-11-9-10-13-17(15)25(31)35-29-21(13)22-14(10)18-16-12(9)20-19(11)27-33(23)41-47-37(27)38-28(20)34-24(16)32-26(18)36-30(22)40-39(29)51(45(35)53)61(65)62-52(40)46(36)54-44(32)50-42(34)48(38)56-55(47)63(57(59)49(41)43)68(69,64(56)58(50)60(54)66(62)69)6-70(7)67(71)8-4-2-3-5-8;1-2-4-5-3-1;/h2-5,7H,6H2,1H3;1-5H;/q;;+2. The molecule has 1 unspecified atom stereocenters. The molecule has 35 rings (SSSR count). The molecule has 0 N–H and O–H groups in total. The molecule has 1 atom stereocenters. The Kier molecular flexibility index (Phi) is 3.25. The van der Waals surface area contributed by atoms with Gasteiger partial charge in [-0.25, -0.2) is 0 Å². The maximum Gasteiger partial charge on any atom is 2.00 e. The summed E-state index contributed by atoms with van der Waals surface area (Å²) in [4.78, 5) is 18.4. The molecule has 10 radical (unpaired) electrons. The molecule has 0 bridgehead atoms. The Hall–Kier alpha value is -7.55. The van der Waals surface area contributed by atoms with Gasteiger partial charge in [0.2, 0.25) is 5.91 Å². The Balaban J connectivity index is 0.000000564. The van der Waals surface area contributed by atoms with Crippen molar-refractivity contribution in [2.75, 3.05) is 6.54 Å². The third-order valence-electron chi connectivity index (χ3n) is 26.8. The second kappa shape index (κ2) is 7.75. The quantitative estimate of drug-likeness (QED) is 0.119. The van der Waals surface area contributed by atoms with E-state index in [4.69, 9.17) is 0 Å². The molecule has 0 aromatic heterocycles. The Bertz CT molecular complexity index is 7180. The van der Waals surface area contributed by atoms with Crippen LogP contribution in [0.1, 0.15) is 29.2 Å². The minimum absolute atomic E-state index is 0. The number of carbonyl (C=O) groups excluding carboxylic acids is 1. The summed E-state index contributed by atoms with van der Waals surface area (Å²) in [6.07, 6.45) is 18.4. The number of amides is 1. The van der Waals surface area contributed by atoms with Gasteiger partial charge in [-0.15, -0.1) is 0 Å². The van der Waals surface area contributed by atoms with Crippen molar-refractivity contribution in [3.63, 3.8) is 0 Å². The molecule has 1 saturated heterocycles. The summed E-state index contributed by atoms with van der Waals surface area (Å²) in [5.41, 5.74) is 5.73. The Labute approximate surface area is 437 Å². The zero-order valence-electron chi connectivity index (χ0n) is 39.7. The average Bonchev–Trinajstić information content (AvgIpc) is 1.55. The summed E-state index contributed by atoms with van der Waals surface area (Å²) in [7, 11) is 0. The fourth-order valence-electron chi connectivity index (χ4n) is 26.4. The van der Waals surface area contributed by atoms with Gasteiger partial charge in [-0.2, -0.15) is 0 Å². The zero-order chi connectivity index (χ0) is 45.9. The molecule has 6 aliphatic carbocycles. The Morgan fingerprint density at radius 2 is 0.481 bits per heavy atom. The SMILES string of the molecule is CC1N(C(=O)[C]2[CH][CH][CH][CH]2)CC23c4c5c6c7c8c9c(c%10c%11c2c2c4c4c%12c5c5c6c6c8c8c%13c9c9c%10c%10c%11c%11c2c2c4c4c%12c%12c5c5c6c8c6c8c%13c9c9c%10c%10c%11c2c2c4c4c%12c5c6c5c8c9c%10c2c45)C713.[CH]1[CH][CH][CH][CH]1.[Fe+2]. The number of likely N-dealkylation sites (tertiary alicyclic amines) is 1. The fraction of sp³-hybridized carbons (Fsp3) is 0.0676. The average molecular weight is 990 g/mol. The number of carbonyl (C=O) groups is 1. The van der Waals surface area contributed by atoms with E-state index in [0.717, 1.165) is 12.5 Å². The predicted molar refractivity (Wildman–Crippen MR) is 317 cm³/mol. The molecule has 1 heterocycles. The summed E-state index contributed by atoms with van der Waals surface area (Å²) >= 11 is 0. The van der Waals surface area contributed by atoms with Crippen molar-refractivity contribution >= 4 is 297 Å². The molecule has 7 aliphatic rings. The van der Waals surface area contributed by atoms with Crippen molar-refractivity contribution in [2.45, 2.75) is 23.8 Å². The van der Waals surface area contributed by atoms with Crippen LogP contribution in [0.15, 0.2) is 0 Å². The molecule has 1 aliphatic heterocycles. The molecule has 28 aromatic rings. The first-order chi connectivity index (χ1) is 37.8. The zero-order valence-corrected chi connectivity index (χ0v) is 40.8. The second-order valence-corrected chi connectivity index (χ2v) is 27.2. The summed E-state index contributed by atoms with van der Waals surface area (Å²) < 4.78 is 0. The van der Waals surface area contributed by atoms with Gasteiger partial charge in [-0.1, -0.05) is 0 Å². The van der Waals surface area contributed by atoms with E-state index in [1.54, 1.807) is 313 Å². The van der Waals surface area contributed by atoms with Crippen LogP contribution in [0.5, 0.6) is 0 Å². The fourth-order valence-corrected chi connectivity index (χ4v) is 26.4. The van der Waals surface area contributed by atoms with Crippen LogP contribution in [0.4, 0.5) is 0 Å². The third-order valence-corrected chi connectivity index (χ3v) is 26.8. The maximum absolute atomic E-state index is 15.9. The predicted octanol–water partition coefficient (Wildman–Crippen LogP) is 17.9. The molecule has 77 heavy (non-hydrogen) atoms. The van der Waals surface area contributed by atoms with Gasteiger partial charge in [-0.05, 0) is 378 Å². The molecule has 2 saturated carbocycles. The van der Waals surface area contributed by atoms with Crippen molar-refractivity contribution in [3.8, 4) is 0 Å². The van der Waals surface area contributed by atoms with Crippen molar-refractivity contribution in [2.24, 2.45) is 0 Å².